The fourth-order valence-electron chi connectivity index (χ4n) is 2.27. The lowest BCUT2D eigenvalue weighted by Crippen LogP contribution is -2.56. The van der Waals surface area contributed by atoms with Crippen LogP contribution in [0.2, 0.25) is 0 Å². The fraction of sp³-hybridized carbons (Fsp3) is 1.00. The molecule has 1 saturated heterocycles. The van der Waals surface area contributed by atoms with Gasteiger partial charge in [0.25, 0.3) is 0 Å². The Labute approximate surface area is 86.2 Å². The van der Waals surface area contributed by atoms with Crippen LogP contribution in [0.15, 0.2) is 0 Å². The van der Waals surface area contributed by atoms with Gasteiger partial charge in [-0.25, -0.2) is 0 Å². The van der Waals surface area contributed by atoms with E-state index in [1.54, 1.807) is 0 Å². The van der Waals surface area contributed by atoms with Crippen LogP contribution in [0, 0.1) is 0 Å². The second kappa shape index (κ2) is 5.23. The van der Waals surface area contributed by atoms with Crippen LogP contribution in [-0.4, -0.2) is 41.6 Å². The van der Waals surface area contributed by atoms with Crippen molar-refractivity contribution in [2.24, 2.45) is 5.73 Å². The molecule has 0 amide bonds. The molecule has 78 valence electrons. The van der Waals surface area contributed by atoms with Gasteiger partial charge in [-0.15, -0.1) is 0 Å². The lowest BCUT2D eigenvalue weighted by molar-refractivity contribution is 0.116. The van der Waals surface area contributed by atoms with Crippen molar-refractivity contribution in [2.45, 2.75) is 32.2 Å². The highest BCUT2D eigenvalue weighted by Crippen LogP contribution is 2.31. The topological polar surface area (TPSA) is 29.3 Å². The molecule has 0 aromatic rings. The number of nitrogens with zero attached hydrogens (tertiary/aromatic N) is 1. The smallest absolute Gasteiger partial charge is 0.0421 e. The van der Waals surface area contributed by atoms with Gasteiger partial charge in [-0.1, -0.05) is 13.8 Å². The van der Waals surface area contributed by atoms with E-state index in [2.05, 4.69) is 30.5 Å². The molecule has 1 atom stereocenters. The molecule has 2 N–H and O–H groups in total. The van der Waals surface area contributed by atoms with E-state index >= 15 is 0 Å². The largest absolute Gasteiger partial charge is 0.329 e. The number of hydrogen-bond acceptors (Lipinski definition) is 3. The monoisotopic (exact) mass is 202 g/mol. The zero-order valence-electron chi connectivity index (χ0n) is 8.88. The summed E-state index contributed by atoms with van der Waals surface area (Å²) in [4.78, 5) is 2.54. The predicted octanol–water partition coefficient (Wildman–Crippen LogP) is 1.55. The molecule has 1 aliphatic rings. The number of rotatable bonds is 4. The van der Waals surface area contributed by atoms with Gasteiger partial charge in [-0.3, -0.25) is 4.90 Å². The summed E-state index contributed by atoms with van der Waals surface area (Å²) < 4.78 is 0. The Bertz CT molecular complexity index is 140. The van der Waals surface area contributed by atoms with E-state index in [1.165, 1.54) is 24.3 Å². The average Bonchev–Trinajstić information content (AvgIpc) is 2.21. The van der Waals surface area contributed by atoms with Gasteiger partial charge in [0.1, 0.15) is 0 Å². The summed E-state index contributed by atoms with van der Waals surface area (Å²) in [6.45, 7) is 7.56. The summed E-state index contributed by atoms with van der Waals surface area (Å²) in [6.07, 6.45) is 2.62. The van der Waals surface area contributed by atoms with Crippen molar-refractivity contribution in [2.75, 3.05) is 31.1 Å². The third-order valence-corrected chi connectivity index (χ3v) is 4.43. The summed E-state index contributed by atoms with van der Waals surface area (Å²) in [5.74, 6) is 2.55. The zero-order valence-corrected chi connectivity index (χ0v) is 9.70. The molecule has 1 fully saturated rings. The third-order valence-electron chi connectivity index (χ3n) is 3.12. The van der Waals surface area contributed by atoms with Gasteiger partial charge >= 0.3 is 0 Å². The third kappa shape index (κ3) is 2.39. The second-order valence-corrected chi connectivity index (χ2v) is 4.86. The quantitative estimate of drug-likeness (QED) is 0.750. The molecule has 0 aromatic heterocycles. The van der Waals surface area contributed by atoms with Crippen LogP contribution in [-0.2, 0) is 0 Å². The van der Waals surface area contributed by atoms with Gasteiger partial charge in [0.2, 0.25) is 0 Å². The van der Waals surface area contributed by atoms with Gasteiger partial charge in [0.15, 0.2) is 0 Å². The SMILES string of the molecule is CCN(CC)C1(CN)CCCSC1. The Hall–Kier alpha value is 0.270. The van der Waals surface area contributed by atoms with E-state index in [0.717, 1.165) is 19.6 Å². The minimum absolute atomic E-state index is 0.312. The summed E-state index contributed by atoms with van der Waals surface area (Å²) in [7, 11) is 0. The summed E-state index contributed by atoms with van der Waals surface area (Å²) >= 11 is 2.06. The molecule has 1 rings (SSSR count). The van der Waals surface area contributed by atoms with E-state index in [1.807, 2.05) is 0 Å². The van der Waals surface area contributed by atoms with E-state index < -0.39 is 0 Å². The standard InChI is InChI=1S/C10H22N2S/c1-3-12(4-2)10(8-11)6-5-7-13-9-10/h3-9,11H2,1-2H3. The molecule has 0 saturated carbocycles. The maximum Gasteiger partial charge on any atom is 0.0421 e. The maximum absolute atomic E-state index is 5.94. The van der Waals surface area contributed by atoms with Gasteiger partial charge in [-0.05, 0) is 31.7 Å². The van der Waals surface area contributed by atoms with Crippen molar-refractivity contribution in [1.29, 1.82) is 0 Å². The van der Waals surface area contributed by atoms with Crippen LogP contribution in [0.4, 0.5) is 0 Å². The highest BCUT2D eigenvalue weighted by molar-refractivity contribution is 7.99. The highest BCUT2D eigenvalue weighted by Gasteiger charge is 2.35. The van der Waals surface area contributed by atoms with Crippen LogP contribution < -0.4 is 5.73 Å². The highest BCUT2D eigenvalue weighted by atomic mass is 32.2. The molecule has 13 heavy (non-hydrogen) atoms. The molecule has 3 heteroatoms. The second-order valence-electron chi connectivity index (χ2n) is 3.76. The minimum Gasteiger partial charge on any atom is -0.329 e. The molecular formula is C10H22N2S. The van der Waals surface area contributed by atoms with Crippen LogP contribution >= 0.6 is 11.8 Å². The van der Waals surface area contributed by atoms with Crippen molar-refractivity contribution in [3.05, 3.63) is 0 Å². The number of hydrogen-bond donors (Lipinski definition) is 1. The molecule has 0 bridgehead atoms. The van der Waals surface area contributed by atoms with Crippen molar-refractivity contribution in [3.63, 3.8) is 0 Å². The van der Waals surface area contributed by atoms with Crippen molar-refractivity contribution in [3.8, 4) is 0 Å². The van der Waals surface area contributed by atoms with Crippen LogP contribution in [0.25, 0.3) is 0 Å². The van der Waals surface area contributed by atoms with Crippen LogP contribution in [0.5, 0.6) is 0 Å². The van der Waals surface area contributed by atoms with Crippen molar-refractivity contribution in [1.82, 2.24) is 4.90 Å². The Balaban J connectivity index is 2.64. The van der Waals surface area contributed by atoms with E-state index in [0.29, 0.717) is 5.54 Å². The van der Waals surface area contributed by atoms with Crippen LogP contribution in [0.3, 0.4) is 0 Å². The number of nitrogens with two attached hydrogens (primary N) is 1. The molecule has 0 radical (unpaired) electrons. The molecule has 0 spiro atoms. The molecular weight excluding hydrogens is 180 g/mol. The molecule has 0 aliphatic carbocycles. The molecule has 1 heterocycles. The lowest BCUT2D eigenvalue weighted by Gasteiger charge is -2.44. The fourth-order valence-corrected chi connectivity index (χ4v) is 3.59. The van der Waals surface area contributed by atoms with Gasteiger partial charge < -0.3 is 5.73 Å². The first-order valence-corrected chi connectivity index (χ1v) is 6.47. The number of likely N-dealkylation sites (N-methyl/N-ethyl adjacent to an activating group) is 1. The van der Waals surface area contributed by atoms with Crippen molar-refractivity contribution >= 4 is 11.8 Å². The van der Waals surface area contributed by atoms with Gasteiger partial charge in [0, 0.05) is 17.8 Å². The molecule has 1 aliphatic heterocycles. The Kier molecular flexibility index (Phi) is 4.56. The van der Waals surface area contributed by atoms with E-state index in [9.17, 15) is 0 Å². The molecule has 2 nitrogen and oxygen atoms in total. The van der Waals surface area contributed by atoms with Gasteiger partial charge in [0.05, 0.1) is 0 Å². The van der Waals surface area contributed by atoms with Gasteiger partial charge in [-0.2, -0.15) is 11.8 Å². The summed E-state index contributed by atoms with van der Waals surface area (Å²) in [6, 6.07) is 0. The normalized spacial score (nSPS) is 29.5. The van der Waals surface area contributed by atoms with Crippen LogP contribution in [0.1, 0.15) is 26.7 Å². The first-order valence-electron chi connectivity index (χ1n) is 5.32. The average molecular weight is 202 g/mol. The van der Waals surface area contributed by atoms with E-state index in [-0.39, 0.29) is 0 Å². The molecule has 0 aromatic carbocycles. The van der Waals surface area contributed by atoms with Crippen molar-refractivity contribution < 1.29 is 0 Å². The maximum atomic E-state index is 5.94. The number of thioether (sulfide) groups is 1. The Morgan fingerprint density at radius 3 is 2.46 bits per heavy atom. The minimum atomic E-state index is 0.312. The predicted molar refractivity (Wildman–Crippen MR) is 61.3 cm³/mol. The molecule has 1 unspecified atom stereocenters. The lowest BCUT2D eigenvalue weighted by atomic mass is 9.93. The summed E-state index contributed by atoms with van der Waals surface area (Å²) in [5, 5.41) is 0. The van der Waals surface area contributed by atoms with E-state index in [4.69, 9.17) is 5.73 Å². The first-order chi connectivity index (χ1) is 6.29. The Morgan fingerprint density at radius 2 is 2.08 bits per heavy atom. The Morgan fingerprint density at radius 1 is 1.38 bits per heavy atom. The zero-order chi connectivity index (χ0) is 9.73. The first kappa shape index (κ1) is 11.3. The summed E-state index contributed by atoms with van der Waals surface area (Å²) in [5.41, 5.74) is 6.25.